The molecule has 0 saturated carbocycles. The van der Waals surface area contributed by atoms with Crippen LogP contribution in [0.2, 0.25) is 0 Å². The molecule has 0 bridgehead atoms. The highest BCUT2D eigenvalue weighted by atomic mass is 15.2. The zero-order chi connectivity index (χ0) is 12.8. The lowest BCUT2D eigenvalue weighted by molar-refractivity contribution is 0.182. The van der Waals surface area contributed by atoms with E-state index in [9.17, 15) is 0 Å². The molecule has 1 N–H and O–H groups in total. The quantitative estimate of drug-likeness (QED) is 0.821. The van der Waals surface area contributed by atoms with Crippen molar-refractivity contribution >= 4 is 5.82 Å². The van der Waals surface area contributed by atoms with E-state index in [2.05, 4.69) is 55.9 Å². The average molecular weight is 235 g/mol. The van der Waals surface area contributed by atoms with Crippen LogP contribution in [0.1, 0.15) is 33.3 Å². The molecule has 96 valence electrons. The Morgan fingerprint density at radius 3 is 2.41 bits per heavy atom. The van der Waals surface area contributed by atoms with Gasteiger partial charge in [-0.1, -0.05) is 0 Å². The monoisotopic (exact) mass is 235 g/mol. The molecule has 0 aliphatic rings. The van der Waals surface area contributed by atoms with Crippen LogP contribution in [0, 0.1) is 6.92 Å². The van der Waals surface area contributed by atoms with Crippen LogP contribution < -0.4 is 5.32 Å². The Balaban J connectivity index is 2.41. The molecular weight excluding hydrogens is 210 g/mol. The number of nitrogens with one attached hydrogen (secondary N) is 1. The van der Waals surface area contributed by atoms with Crippen molar-refractivity contribution in [2.75, 3.05) is 18.4 Å². The van der Waals surface area contributed by atoms with Crippen molar-refractivity contribution in [3.05, 3.63) is 23.9 Å². The molecule has 0 radical (unpaired) electrons. The largest absolute Gasteiger partial charge is 0.369 e. The second-order valence-corrected chi connectivity index (χ2v) is 5.07. The van der Waals surface area contributed by atoms with Gasteiger partial charge in [0.2, 0.25) is 0 Å². The SMILES string of the molecule is Cc1ccnc(NCCN(C(C)C)C(C)C)c1. The fourth-order valence-electron chi connectivity index (χ4n) is 2.06. The van der Waals surface area contributed by atoms with Crippen molar-refractivity contribution in [2.45, 2.75) is 46.7 Å². The van der Waals surface area contributed by atoms with Gasteiger partial charge in [-0.15, -0.1) is 0 Å². The average Bonchev–Trinajstić information content (AvgIpc) is 2.23. The smallest absolute Gasteiger partial charge is 0.126 e. The maximum Gasteiger partial charge on any atom is 0.126 e. The second kappa shape index (κ2) is 6.60. The number of pyridine rings is 1. The summed E-state index contributed by atoms with van der Waals surface area (Å²) in [5.41, 5.74) is 1.24. The first-order valence-electron chi connectivity index (χ1n) is 6.43. The lowest BCUT2D eigenvalue weighted by Crippen LogP contribution is -2.40. The maximum atomic E-state index is 4.30. The lowest BCUT2D eigenvalue weighted by atomic mass is 10.2. The van der Waals surface area contributed by atoms with Gasteiger partial charge in [-0.3, -0.25) is 4.90 Å². The Morgan fingerprint density at radius 2 is 1.88 bits per heavy atom. The fraction of sp³-hybridized carbons (Fsp3) is 0.643. The molecule has 0 atom stereocenters. The van der Waals surface area contributed by atoms with Crippen molar-refractivity contribution < 1.29 is 0 Å². The Kier molecular flexibility index (Phi) is 5.42. The van der Waals surface area contributed by atoms with Crippen LogP contribution in [0.25, 0.3) is 0 Å². The molecule has 0 fully saturated rings. The molecule has 0 aliphatic carbocycles. The third kappa shape index (κ3) is 4.73. The predicted octanol–water partition coefficient (Wildman–Crippen LogP) is 2.92. The topological polar surface area (TPSA) is 28.2 Å². The summed E-state index contributed by atoms with van der Waals surface area (Å²) in [5.74, 6) is 0.970. The minimum atomic E-state index is 0.585. The van der Waals surface area contributed by atoms with Gasteiger partial charge in [0.15, 0.2) is 0 Å². The van der Waals surface area contributed by atoms with Crippen LogP contribution in [0.5, 0.6) is 0 Å². The van der Waals surface area contributed by atoms with E-state index in [1.54, 1.807) is 0 Å². The van der Waals surface area contributed by atoms with Gasteiger partial charge in [0.05, 0.1) is 0 Å². The van der Waals surface area contributed by atoms with Crippen molar-refractivity contribution in [2.24, 2.45) is 0 Å². The molecule has 1 rings (SSSR count). The van der Waals surface area contributed by atoms with Crippen LogP contribution in [-0.2, 0) is 0 Å². The van der Waals surface area contributed by atoms with E-state index in [1.165, 1.54) is 5.56 Å². The number of hydrogen-bond acceptors (Lipinski definition) is 3. The zero-order valence-electron chi connectivity index (χ0n) is 11.7. The maximum absolute atomic E-state index is 4.30. The molecule has 17 heavy (non-hydrogen) atoms. The minimum absolute atomic E-state index is 0.585. The van der Waals surface area contributed by atoms with E-state index < -0.39 is 0 Å². The van der Waals surface area contributed by atoms with E-state index in [0.717, 1.165) is 18.9 Å². The highest BCUT2D eigenvalue weighted by Gasteiger charge is 2.12. The van der Waals surface area contributed by atoms with E-state index in [0.29, 0.717) is 12.1 Å². The molecule has 0 aliphatic heterocycles. The van der Waals surface area contributed by atoms with Crippen LogP contribution in [-0.4, -0.2) is 35.1 Å². The van der Waals surface area contributed by atoms with Gasteiger partial charge in [0.25, 0.3) is 0 Å². The van der Waals surface area contributed by atoms with Crippen molar-refractivity contribution in [1.29, 1.82) is 0 Å². The first kappa shape index (κ1) is 14.0. The summed E-state index contributed by atoms with van der Waals surface area (Å²) in [5, 5.41) is 3.37. The minimum Gasteiger partial charge on any atom is -0.369 e. The van der Waals surface area contributed by atoms with Gasteiger partial charge in [-0.05, 0) is 52.3 Å². The summed E-state index contributed by atoms with van der Waals surface area (Å²) in [7, 11) is 0. The number of nitrogens with zero attached hydrogens (tertiary/aromatic N) is 2. The van der Waals surface area contributed by atoms with Crippen LogP contribution in [0.15, 0.2) is 18.3 Å². The fourth-order valence-corrected chi connectivity index (χ4v) is 2.06. The third-order valence-electron chi connectivity index (χ3n) is 2.92. The van der Waals surface area contributed by atoms with Crippen molar-refractivity contribution in [3.8, 4) is 0 Å². The molecule has 0 aromatic carbocycles. The van der Waals surface area contributed by atoms with Gasteiger partial charge in [0.1, 0.15) is 5.82 Å². The van der Waals surface area contributed by atoms with Crippen LogP contribution in [0.3, 0.4) is 0 Å². The molecule has 1 aromatic heterocycles. The Bertz CT molecular complexity index is 326. The molecule has 0 amide bonds. The molecule has 0 saturated heterocycles. The Morgan fingerprint density at radius 1 is 1.24 bits per heavy atom. The molecular formula is C14H25N3. The Hall–Kier alpha value is -1.09. The summed E-state index contributed by atoms with van der Waals surface area (Å²) < 4.78 is 0. The first-order valence-corrected chi connectivity index (χ1v) is 6.43. The normalized spacial score (nSPS) is 11.5. The second-order valence-electron chi connectivity index (χ2n) is 5.07. The number of anilines is 1. The third-order valence-corrected chi connectivity index (χ3v) is 2.92. The summed E-state index contributed by atoms with van der Waals surface area (Å²) in [6.07, 6.45) is 1.85. The number of hydrogen-bond donors (Lipinski definition) is 1. The predicted molar refractivity (Wildman–Crippen MR) is 74.4 cm³/mol. The first-order chi connectivity index (χ1) is 8.00. The molecule has 0 unspecified atom stereocenters. The standard InChI is InChI=1S/C14H25N3/c1-11(2)17(12(3)4)9-8-16-14-10-13(5)6-7-15-14/h6-7,10-12H,8-9H2,1-5H3,(H,15,16). The number of aryl methyl sites for hydroxylation is 1. The summed E-state index contributed by atoms with van der Waals surface area (Å²) in [6, 6.07) is 5.26. The highest BCUT2D eigenvalue weighted by molar-refractivity contribution is 5.36. The van der Waals surface area contributed by atoms with E-state index in [4.69, 9.17) is 0 Å². The van der Waals surface area contributed by atoms with Gasteiger partial charge >= 0.3 is 0 Å². The number of rotatable bonds is 6. The summed E-state index contributed by atoms with van der Waals surface area (Å²) in [6.45, 7) is 13.0. The van der Waals surface area contributed by atoms with Gasteiger partial charge in [-0.2, -0.15) is 0 Å². The Labute approximate surface area is 105 Å². The summed E-state index contributed by atoms with van der Waals surface area (Å²) in [4.78, 5) is 6.77. The highest BCUT2D eigenvalue weighted by Crippen LogP contribution is 2.07. The van der Waals surface area contributed by atoms with E-state index in [1.807, 2.05) is 12.3 Å². The van der Waals surface area contributed by atoms with Gasteiger partial charge in [0, 0.05) is 31.4 Å². The molecule has 0 spiro atoms. The van der Waals surface area contributed by atoms with Crippen molar-refractivity contribution in [3.63, 3.8) is 0 Å². The van der Waals surface area contributed by atoms with Gasteiger partial charge in [-0.25, -0.2) is 4.98 Å². The number of aromatic nitrogens is 1. The van der Waals surface area contributed by atoms with Crippen LogP contribution in [0.4, 0.5) is 5.82 Å². The molecule has 1 aromatic rings. The van der Waals surface area contributed by atoms with Crippen LogP contribution >= 0.6 is 0 Å². The zero-order valence-corrected chi connectivity index (χ0v) is 11.7. The van der Waals surface area contributed by atoms with Crippen molar-refractivity contribution in [1.82, 2.24) is 9.88 Å². The lowest BCUT2D eigenvalue weighted by Gasteiger charge is -2.30. The van der Waals surface area contributed by atoms with E-state index in [-0.39, 0.29) is 0 Å². The molecule has 3 nitrogen and oxygen atoms in total. The van der Waals surface area contributed by atoms with E-state index >= 15 is 0 Å². The van der Waals surface area contributed by atoms with Gasteiger partial charge < -0.3 is 5.32 Å². The molecule has 3 heteroatoms. The molecule has 1 heterocycles. The summed E-state index contributed by atoms with van der Waals surface area (Å²) >= 11 is 0.